The first-order valence-electron chi connectivity index (χ1n) is 8.12. The summed E-state index contributed by atoms with van der Waals surface area (Å²) in [5.41, 5.74) is 0.673. The molecular weight excluding hydrogens is 350 g/mol. The van der Waals surface area contributed by atoms with Crippen LogP contribution < -0.4 is 0 Å². The number of hydrogen-bond donors (Lipinski definition) is 1. The molecule has 120 valence electrons. The van der Waals surface area contributed by atoms with Crippen molar-refractivity contribution >= 4 is 15.9 Å². The zero-order chi connectivity index (χ0) is 16.1. The van der Waals surface area contributed by atoms with Crippen LogP contribution in [0.25, 0.3) is 0 Å². The Morgan fingerprint density at radius 3 is 2.22 bits per heavy atom. The average Bonchev–Trinajstić information content (AvgIpc) is 3.09. The van der Waals surface area contributed by atoms with E-state index in [0.29, 0.717) is 0 Å². The lowest BCUT2D eigenvalue weighted by Crippen LogP contribution is -2.30. The Bertz CT molecular complexity index is 607. The lowest BCUT2D eigenvalue weighted by Gasteiger charge is -2.30. The number of hydrogen-bond acceptors (Lipinski definition) is 2. The maximum atomic E-state index is 11.4. The molecule has 2 radical (unpaired) electrons. The average molecular weight is 372 g/mol. The number of rotatable bonds is 6. The van der Waals surface area contributed by atoms with E-state index in [9.17, 15) is 5.11 Å². The van der Waals surface area contributed by atoms with E-state index in [4.69, 9.17) is 0 Å². The Morgan fingerprint density at radius 2 is 1.57 bits per heavy atom. The molecule has 1 unspecified atom stereocenters. The van der Waals surface area contributed by atoms with E-state index < -0.39 is 5.60 Å². The number of benzene rings is 2. The second-order valence-corrected chi connectivity index (χ2v) is 6.97. The largest absolute Gasteiger partial charge is 0.380 e. The highest BCUT2D eigenvalue weighted by Crippen LogP contribution is 2.34. The van der Waals surface area contributed by atoms with Gasteiger partial charge in [0.05, 0.1) is 0 Å². The molecule has 0 bridgehead atoms. The monoisotopic (exact) mass is 371 g/mol. The first-order chi connectivity index (χ1) is 11.2. The number of halogens is 1. The number of aliphatic hydroxyl groups is 1. The SMILES string of the molecule is OC([CH][CH]CN1CCCC1)(c1ccccc1)c1ccc(Br)cc1. The van der Waals surface area contributed by atoms with Crippen molar-refractivity contribution in [2.45, 2.75) is 18.4 Å². The van der Waals surface area contributed by atoms with Gasteiger partial charge in [-0.1, -0.05) is 58.4 Å². The summed E-state index contributed by atoms with van der Waals surface area (Å²) in [7, 11) is 0. The van der Waals surface area contributed by atoms with Crippen molar-refractivity contribution in [2.75, 3.05) is 19.6 Å². The highest BCUT2D eigenvalue weighted by molar-refractivity contribution is 9.10. The Labute approximate surface area is 147 Å². The number of nitrogens with zero attached hydrogens (tertiary/aromatic N) is 1. The van der Waals surface area contributed by atoms with E-state index in [2.05, 4.69) is 27.3 Å². The van der Waals surface area contributed by atoms with Gasteiger partial charge in [-0.15, -0.1) is 0 Å². The van der Waals surface area contributed by atoms with Crippen molar-refractivity contribution in [1.29, 1.82) is 0 Å². The maximum absolute atomic E-state index is 11.4. The van der Waals surface area contributed by atoms with Gasteiger partial charge in [0.2, 0.25) is 0 Å². The molecule has 0 saturated carbocycles. The predicted octanol–water partition coefficient (Wildman–Crippen LogP) is 4.19. The maximum Gasteiger partial charge on any atom is 0.118 e. The summed E-state index contributed by atoms with van der Waals surface area (Å²) in [5.74, 6) is 0. The van der Waals surface area contributed by atoms with Gasteiger partial charge in [-0.05, 0) is 55.6 Å². The molecule has 0 spiro atoms. The van der Waals surface area contributed by atoms with Crippen LogP contribution in [0, 0.1) is 12.8 Å². The van der Waals surface area contributed by atoms with Crippen molar-refractivity contribution < 1.29 is 5.11 Å². The van der Waals surface area contributed by atoms with Gasteiger partial charge in [0.15, 0.2) is 0 Å². The van der Waals surface area contributed by atoms with E-state index in [1.807, 2.05) is 61.0 Å². The van der Waals surface area contributed by atoms with Crippen LogP contribution in [0.1, 0.15) is 24.0 Å². The summed E-state index contributed by atoms with van der Waals surface area (Å²) < 4.78 is 1.01. The van der Waals surface area contributed by atoms with Gasteiger partial charge < -0.3 is 10.0 Å². The molecule has 23 heavy (non-hydrogen) atoms. The topological polar surface area (TPSA) is 23.5 Å². The molecule has 1 saturated heterocycles. The number of likely N-dealkylation sites (tertiary alicyclic amines) is 1. The van der Waals surface area contributed by atoms with Crippen molar-refractivity contribution in [3.63, 3.8) is 0 Å². The zero-order valence-corrected chi connectivity index (χ0v) is 14.7. The van der Waals surface area contributed by atoms with Crippen LogP contribution in [-0.2, 0) is 5.60 Å². The second-order valence-electron chi connectivity index (χ2n) is 6.05. The summed E-state index contributed by atoms with van der Waals surface area (Å²) in [6.07, 6.45) is 6.59. The molecule has 2 nitrogen and oxygen atoms in total. The quantitative estimate of drug-likeness (QED) is 0.822. The minimum atomic E-state index is -1.10. The van der Waals surface area contributed by atoms with Crippen molar-refractivity contribution in [3.8, 4) is 0 Å². The van der Waals surface area contributed by atoms with Crippen LogP contribution in [0.15, 0.2) is 59.1 Å². The molecule has 3 heteroatoms. The van der Waals surface area contributed by atoms with Crippen molar-refractivity contribution in [2.24, 2.45) is 0 Å². The van der Waals surface area contributed by atoms with Crippen molar-refractivity contribution in [1.82, 2.24) is 4.90 Å². The summed E-state index contributed by atoms with van der Waals surface area (Å²) >= 11 is 3.46. The molecule has 1 aliphatic rings. The standard InChI is InChI=1S/C20H22BrNO/c21-19-11-9-18(10-12-19)20(23,17-7-2-1-3-8-17)13-6-16-22-14-4-5-15-22/h1-3,6-13,23H,4-5,14-16H2. The summed E-state index contributed by atoms with van der Waals surface area (Å²) in [4.78, 5) is 2.42. The molecule has 1 N–H and O–H groups in total. The van der Waals surface area contributed by atoms with Gasteiger partial charge in [-0.3, -0.25) is 0 Å². The fourth-order valence-corrected chi connectivity index (χ4v) is 3.36. The molecule has 2 aromatic rings. The van der Waals surface area contributed by atoms with Gasteiger partial charge >= 0.3 is 0 Å². The van der Waals surface area contributed by atoms with Crippen LogP contribution >= 0.6 is 15.9 Å². The zero-order valence-electron chi connectivity index (χ0n) is 13.2. The van der Waals surface area contributed by atoms with Crippen LogP contribution in [0.4, 0.5) is 0 Å². The molecule has 2 aromatic carbocycles. The minimum Gasteiger partial charge on any atom is -0.380 e. The molecular formula is C20H22BrNO. The van der Waals surface area contributed by atoms with Crippen LogP contribution in [-0.4, -0.2) is 29.6 Å². The summed E-state index contributed by atoms with van der Waals surface area (Å²) in [5, 5.41) is 11.4. The van der Waals surface area contributed by atoms with Crippen LogP contribution in [0.5, 0.6) is 0 Å². The molecule has 1 aliphatic heterocycles. The first kappa shape index (κ1) is 16.7. The molecule has 1 atom stereocenters. The third-order valence-corrected chi connectivity index (χ3v) is 4.95. The Hall–Kier alpha value is -1.16. The van der Waals surface area contributed by atoms with E-state index in [1.54, 1.807) is 0 Å². The third kappa shape index (κ3) is 4.03. The lowest BCUT2D eigenvalue weighted by molar-refractivity contribution is 0.117. The van der Waals surface area contributed by atoms with Gasteiger partial charge in [-0.25, -0.2) is 0 Å². The molecule has 0 amide bonds. The Balaban J connectivity index is 1.79. The highest BCUT2D eigenvalue weighted by atomic mass is 79.9. The fraction of sp³-hybridized carbons (Fsp3) is 0.300. The summed E-state index contributed by atoms with van der Waals surface area (Å²) in [6.45, 7) is 3.21. The molecule has 1 heterocycles. The molecule has 3 rings (SSSR count). The van der Waals surface area contributed by atoms with Gasteiger partial charge in [0.1, 0.15) is 5.60 Å². The third-order valence-electron chi connectivity index (χ3n) is 4.42. The highest BCUT2D eigenvalue weighted by Gasteiger charge is 2.31. The van der Waals surface area contributed by atoms with E-state index in [-0.39, 0.29) is 0 Å². The van der Waals surface area contributed by atoms with Crippen LogP contribution in [0.3, 0.4) is 0 Å². The molecule has 0 aromatic heterocycles. The minimum absolute atomic E-state index is 0.879. The van der Waals surface area contributed by atoms with E-state index >= 15 is 0 Å². The molecule has 0 aliphatic carbocycles. The Morgan fingerprint density at radius 1 is 0.957 bits per heavy atom. The second kappa shape index (κ2) is 7.61. The fourth-order valence-electron chi connectivity index (χ4n) is 3.09. The van der Waals surface area contributed by atoms with Gasteiger partial charge in [-0.2, -0.15) is 0 Å². The summed E-state index contributed by atoms with van der Waals surface area (Å²) in [6, 6.07) is 17.7. The molecule has 1 fully saturated rings. The van der Waals surface area contributed by atoms with E-state index in [0.717, 1.165) is 35.2 Å². The Kier molecular flexibility index (Phi) is 5.52. The van der Waals surface area contributed by atoms with E-state index in [1.165, 1.54) is 12.8 Å². The predicted molar refractivity (Wildman–Crippen MR) is 97.9 cm³/mol. The smallest absolute Gasteiger partial charge is 0.118 e. The lowest BCUT2D eigenvalue weighted by atomic mass is 9.82. The van der Waals surface area contributed by atoms with Crippen LogP contribution in [0.2, 0.25) is 0 Å². The van der Waals surface area contributed by atoms with Crippen molar-refractivity contribution in [3.05, 3.63) is 83.0 Å². The normalized spacial score (nSPS) is 18.0. The van der Waals surface area contributed by atoms with Gasteiger partial charge in [0, 0.05) is 17.4 Å². The van der Waals surface area contributed by atoms with Gasteiger partial charge in [0.25, 0.3) is 0 Å². The first-order valence-corrected chi connectivity index (χ1v) is 8.92.